The summed E-state index contributed by atoms with van der Waals surface area (Å²) in [4.78, 5) is 16.6. The first-order chi connectivity index (χ1) is 12.8. The summed E-state index contributed by atoms with van der Waals surface area (Å²) in [5.74, 6) is 1.24. The largest absolute Gasteiger partial charge is 0.486 e. The number of rotatable bonds is 4. The topological polar surface area (TPSA) is 60.5 Å². The average molecular weight is 346 g/mol. The van der Waals surface area contributed by atoms with Gasteiger partial charge >= 0.3 is 0 Å². The minimum atomic E-state index is -0.207. The van der Waals surface area contributed by atoms with Gasteiger partial charge in [0, 0.05) is 11.5 Å². The van der Waals surface area contributed by atoms with Crippen LogP contribution in [0.3, 0.4) is 0 Å². The summed E-state index contributed by atoms with van der Waals surface area (Å²) in [5.41, 5.74) is 1.64. The van der Waals surface area contributed by atoms with Crippen molar-refractivity contribution < 1.29 is 14.3 Å². The molecule has 3 aromatic rings. The Hall–Kier alpha value is -3.34. The van der Waals surface area contributed by atoms with E-state index < -0.39 is 0 Å². The minimum Gasteiger partial charge on any atom is -0.486 e. The number of hydrogen-bond acceptors (Lipinski definition) is 4. The van der Waals surface area contributed by atoms with Gasteiger partial charge in [0.25, 0.3) is 0 Å². The van der Waals surface area contributed by atoms with E-state index in [0.717, 1.165) is 22.3 Å². The molecule has 1 aliphatic rings. The fourth-order valence-corrected chi connectivity index (χ4v) is 2.77. The number of ether oxygens (including phenoxy) is 2. The Kier molecular flexibility index (Phi) is 4.51. The third-order valence-electron chi connectivity index (χ3n) is 4.10. The van der Waals surface area contributed by atoms with Crippen molar-refractivity contribution in [2.75, 3.05) is 13.2 Å². The van der Waals surface area contributed by atoms with Crippen molar-refractivity contribution in [1.29, 1.82) is 0 Å². The first-order valence-corrected chi connectivity index (χ1v) is 8.48. The van der Waals surface area contributed by atoms with Gasteiger partial charge in [-0.25, -0.2) is 4.98 Å². The summed E-state index contributed by atoms with van der Waals surface area (Å²) in [6.07, 6.45) is 2.98. The Bertz CT molecular complexity index is 968. The van der Waals surface area contributed by atoms with E-state index in [4.69, 9.17) is 9.47 Å². The van der Waals surface area contributed by atoms with Gasteiger partial charge in [-0.3, -0.25) is 4.79 Å². The number of pyridine rings is 1. The van der Waals surface area contributed by atoms with Crippen LogP contribution in [0.2, 0.25) is 0 Å². The molecule has 1 unspecified atom stereocenters. The SMILES string of the molecule is O=C(C=Cc1ccc2ccccc2n1)NCC1COc2ccccc2O1. The summed E-state index contributed by atoms with van der Waals surface area (Å²) in [6, 6.07) is 19.3. The summed E-state index contributed by atoms with van der Waals surface area (Å²) in [6.45, 7) is 0.788. The first kappa shape index (κ1) is 16.1. The van der Waals surface area contributed by atoms with E-state index in [0.29, 0.717) is 18.9 Å². The van der Waals surface area contributed by atoms with Crippen LogP contribution in [0, 0.1) is 0 Å². The third-order valence-corrected chi connectivity index (χ3v) is 4.10. The van der Waals surface area contributed by atoms with Gasteiger partial charge < -0.3 is 14.8 Å². The summed E-state index contributed by atoms with van der Waals surface area (Å²) >= 11 is 0. The molecule has 0 radical (unpaired) electrons. The maximum Gasteiger partial charge on any atom is 0.244 e. The lowest BCUT2D eigenvalue weighted by molar-refractivity contribution is -0.116. The molecule has 26 heavy (non-hydrogen) atoms. The number of hydrogen-bond donors (Lipinski definition) is 1. The molecule has 2 aromatic carbocycles. The molecule has 5 heteroatoms. The third kappa shape index (κ3) is 3.67. The molecular formula is C21H18N2O3. The smallest absolute Gasteiger partial charge is 0.244 e. The fraction of sp³-hybridized carbons (Fsp3) is 0.143. The van der Waals surface area contributed by atoms with E-state index >= 15 is 0 Å². The summed E-state index contributed by atoms with van der Waals surface area (Å²) in [5, 5.41) is 3.91. The molecule has 0 aliphatic carbocycles. The number of carbonyl (C=O) groups is 1. The number of nitrogens with one attached hydrogen (secondary N) is 1. The maximum atomic E-state index is 12.0. The lowest BCUT2D eigenvalue weighted by Crippen LogP contribution is -2.40. The van der Waals surface area contributed by atoms with E-state index in [-0.39, 0.29) is 12.0 Å². The summed E-state index contributed by atoms with van der Waals surface area (Å²) in [7, 11) is 0. The molecular weight excluding hydrogens is 328 g/mol. The molecule has 2 heterocycles. The van der Waals surface area contributed by atoms with E-state index in [1.165, 1.54) is 6.08 Å². The predicted molar refractivity (Wildman–Crippen MR) is 100 cm³/mol. The van der Waals surface area contributed by atoms with Crippen molar-refractivity contribution in [3.05, 3.63) is 72.4 Å². The zero-order valence-corrected chi connectivity index (χ0v) is 14.1. The second-order valence-corrected chi connectivity index (χ2v) is 6.00. The average Bonchev–Trinajstić information content (AvgIpc) is 2.70. The predicted octanol–water partition coefficient (Wildman–Crippen LogP) is 3.20. The molecule has 4 rings (SSSR count). The molecule has 1 N–H and O–H groups in total. The van der Waals surface area contributed by atoms with E-state index in [9.17, 15) is 4.79 Å². The van der Waals surface area contributed by atoms with Gasteiger partial charge in [-0.15, -0.1) is 0 Å². The fourth-order valence-electron chi connectivity index (χ4n) is 2.77. The van der Waals surface area contributed by atoms with Gasteiger partial charge in [0.15, 0.2) is 11.5 Å². The van der Waals surface area contributed by atoms with Crippen LogP contribution in [0.1, 0.15) is 5.69 Å². The monoisotopic (exact) mass is 346 g/mol. The van der Waals surface area contributed by atoms with Gasteiger partial charge in [-0.05, 0) is 30.3 Å². The standard InChI is InChI=1S/C21H18N2O3/c24-21(12-11-16-10-9-15-5-1-2-6-18(15)23-16)22-13-17-14-25-19-7-3-4-8-20(19)26-17/h1-12,17H,13-14H2,(H,22,24). The van der Waals surface area contributed by atoms with Gasteiger partial charge in [-0.1, -0.05) is 36.4 Å². The Morgan fingerprint density at radius 3 is 2.81 bits per heavy atom. The maximum absolute atomic E-state index is 12.0. The van der Waals surface area contributed by atoms with Crippen LogP contribution in [0.5, 0.6) is 11.5 Å². The number of benzene rings is 2. The van der Waals surface area contributed by atoms with Crippen molar-refractivity contribution in [2.24, 2.45) is 0 Å². The Morgan fingerprint density at radius 2 is 1.88 bits per heavy atom. The van der Waals surface area contributed by atoms with E-state index in [2.05, 4.69) is 10.3 Å². The van der Waals surface area contributed by atoms with Gasteiger partial charge in [-0.2, -0.15) is 0 Å². The second-order valence-electron chi connectivity index (χ2n) is 6.00. The first-order valence-electron chi connectivity index (χ1n) is 8.48. The Balaban J connectivity index is 1.33. The highest BCUT2D eigenvalue weighted by molar-refractivity contribution is 5.91. The molecule has 1 aliphatic heterocycles. The van der Waals surface area contributed by atoms with Crippen molar-refractivity contribution in [2.45, 2.75) is 6.10 Å². The number of aromatic nitrogens is 1. The van der Waals surface area contributed by atoms with Crippen LogP contribution in [-0.4, -0.2) is 30.1 Å². The number of carbonyl (C=O) groups excluding carboxylic acids is 1. The van der Waals surface area contributed by atoms with Crippen LogP contribution < -0.4 is 14.8 Å². The molecule has 1 atom stereocenters. The molecule has 0 spiro atoms. The van der Waals surface area contributed by atoms with Crippen LogP contribution in [0.15, 0.2) is 66.7 Å². The van der Waals surface area contributed by atoms with Crippen molar-refractivity contribution >= 4 is 22.9 Å². The number of para-hydroxylation sites is 3. The molecule has 1 amide bonds. The van der Waals surface area contributed by atoms with Crippen molar-refractivity contribution in [3.63, 3.8) is 0 Å². The molecule has 0 saturated heterocycles. The normalized spacial score (nSPS) is 15.9. The zero-order valence-electron chi connectivity index (χ0n) is 14.1. The summed E-state index contributed by atoms with van der Waals surface area (Å²) < 4.78 is 11.5. The quantitative estimate of drug-likeness (QED) is 0.737. The van der Waals surface area contributed by atoms with Crippen LogP contribution in [-0.2, 0) is 4.79 Å². The zero-order chi connectivity index (χ0) is 17.8. The van der Waals surface area contributed by atoms with Crippen molar-refractivity contribution in [1.82, 2.24) is 10.3 Å². The molecule has 0 fully saturated rings. The lowest BCUT2D eigenvalue weighted by Gasteiger charge is -2.26. The molecule has 0 bridgehead atoms. The highest BCUT2D eigenvalue weighted by Gasteiger charge is 2.20. The minimum absolute atomic E-state index is 0.192. The van der Waals surface area contributed by atoms with Gasteiger partial charge in [0.05, 0.1) is 17.8 Å². The number of nitrogens with zero attached hydrogens (tertiary/aromatic N) is 1. The number of amides is 1. The van der Waals surface area contributed by atoms with Gasteiger partial charge in [0.1, 0.15) is 12.7 Å². The molecule has 5 nitrogen and oxygen atoms in total. The Morgan fingerprint density at radius 1 is 1.08 bits per heavy atom. The van der Waals surface area contributed by atoms with Crippen LogP contribution in [0.4, 0.5) is 0 Å². The Labute approximate surface area is 151 Å². The number of fused-ring (bicyclic) bond motifs is 2. The van der Waals surface area contributed by atoms with Crippen molar-refractivity contribution in [3.8, 4) is 11.5 Å². The molecule has 130 valence electrons. The second kappa shape index (κ2) is 7.27. The molecule has 0 saturated carbocycles. The van der Waals surface area contributed by atoms with Crippen LogP contribution >= 0.6 is 0 Å². The van der Waals surface area contributed by atoms with E-state index in [1.54, 1.807) is 6.08 Å². The van der Waals surface area contributed by atoms with Crippen LogP contribution in [0.25, 0.3) is 17.0 Å². The molecule has 1 aromatic heterocycles. The van der Waals surface area contributed by atoms with Gasteiger partial charge in [0.2, 0.25) is 5.91 Å². The lowest BCUT2D eigenvalue weighted by atomic mass is 10.2. The van der Waals surface area contributed by atoms with E-state index in [1.807, 2.05) is 60.7 Å². The highest BCUT2D eigenvalue weighted by atomic mass is 16.6. The highest BCUT2D eigenvalue weighted by Crippen LogP contribution is 2.30.